The van der Waals surface area contributed by atoms with Gasteiger partial charge in [-0.3, -0.25) is 0 Å². The van der Waals surface area contributed by atoms with E-state index in [2.05, 4.69) is 12.2 Å². The number of aromatic carboxylic acids is 1. The summed E-state index contributed by atoms with van der Waals surface area (Å²) >= 11 is 1.54. The zero-order valence-corrected chi connectivity index (χ0v) is 20.3. The number of hydrogen-bond acceptors (Lipinski definition) is 7. The third-order valence-electron chi connectivity index (χ3n) is 5.44. The number of para-hydroxylation sites is 2. The van der Waals surface area contributed by atoms with Crippen molar-refractivity contribution in [1.82, 2.24) is 14.8 Å². The van der Waals surface area contributed by atoms with Crippen LogP contribution >= 0.6 is 11.3 Å². The van der Waals surface area contributed by atoms with Crippen LogP contribution in [0.4, 0.5) is 11.5 Å². The summed E-state index contributed by atoms with van der Waals surface area (Å²) in [6, 6.07) is 12.5. The molecule has 0 atom stereocenters. The lowest BCUT2D eigenvalue weighted by atomic mass is 10.1. The van der Waals surface area contributed by atoms with Gasteiger partial charge in [0.25, 0.3) is 0 Å². The van der Waals surface area contributed by atoms with Crippen molar-refractivity contribution < 1.29 is 19.4 Å². The van der Waals surface area contributed by atoms with Crippen molar-refractivity contribution in [3.05, 3.63) is 64.8 Å². The summed E-state index contributed by atoms with van der Waals surface area (Å²) in [5.41, 5.74) is 3.91. The van der Waals surface area contributed by atoms with E-state index in [-0.39, 0.29) is 5.56 Å². The zero-order chi connectivity index (χ0) is 24.2. The number of aryl methyl sites for hydroxylation is 2. The molecular weight excluding hydrogens is 452 g/mol. The van der Waals surface area contributed by atoms with Crippen LogP contribution in [0.15, 0.2) is 47.8 Å². The van der Waals surface area contributed by atoms with E-state index in [0.717, 1.165) is 34.1 Å². The molecule has 0 aliphatic rings. The molecule has 0 radical (unpaired) electrons. The largest absolute Gasteiger partial charge is 0.497 e. The van der Waals surface area contributed by atoms with Gasteiger partial charge in [0.15, 0.2) is 0 Å². The Morgan fingerprint density at radius 3 is 2.56 bits per heavy atom. The van der Waals surface area contributed by atoms with Gasteiger partial charge in [0, 0.05) is 5.38 Å². The smallest absolute Gasteiger partial charge is 0.337 e. The van der Waals surface area contributed by atoms with Crippen LogP contribution in [-0.2, 0) is 12.8 Å². The van der Waals surface area contributed by atoms with Gasteiger partial charge >= 0.3 is 5.97 Å². The van der Waals surface area contributed by atoms with E-state index in [9.17, 15) is 9.90 Å². The average Bonchev–Trinajstić information content (AvgIpc) is 3.48. The molecule has 0 bridgehead atoms. The van der Waals surface area contributed by atoms with Crippen LogP contribution < -0.4 is 14.8 Å². The second-order valence-electron chi connectivity index (χ2n) is 7.45. The monoisotopic (exact) mass is 478 g/mol. The summed E-state index contributed by atoms with van der Waals surface area (Å²) in [6.45, 7) is 4.10. The van der Waals surface area contributed by atoms with Gasteiger partial charge in [-0.15, -0.1) is 11.3 Å². The normalized spacial score (nSPS) is 10.8. The van der Waals surface area contributed by atoms with E-state index in [1.165, 1.54) is 13.2 Å². The van der Waals surface area contributed by atoms with Gasteiger partial charge in [-0.05, 0) is 43.2 Å². The molecule has 0 amide bonds. The fourth-order valence-corrected chi connectivity index (χ4v) is 4.65. The molecule has 0 aliphatic carbocycles. The second kappa shape index (κ2) is 9.96. The van der Waals surface area contributed by atoms with Crippen LogP contribution in [0, 0.1) is 0 Å². The molecule has 0 spiro atoms. The Morgan fingerprint density at radius 2 is 1.91 bits per heavy atom. The lowest BCUT2D eigenvalue weighted by molar-refractivity contribution is 0.0697. The Balaban J connectivity index is 1.97. The Bertz CT molecular complexity index is 1330. The van der Waals surface area contributed by atoms with Gasteiger partial charge in [-0.2, -0.15) is 5.10 Å². The van der Waals surface area contributed by atoms with Crippen LogP contribution in [0.1, 0.15) is 35.6 Å². The number of hydrogen-bond donors (Lipinski definition) is 2. The highest BCUT2D eigenvalue weighted by Gasteiger charge is 2.25. The molecule has 0 fully saturated rings. The SMILES string of the molecule is CCc1csc(-c2c(CC)nn(-c3ccccc3OC)c2Nc2ccc(OC)cc2C(=O)O)n1. The van der Waals surface area contributed by atoms with Crippen LogP contribution in [0.2, 0.25) is 0 Å². The molecule has 0 unspecified atom stereocenters. The van der Waals surface area contributed by atoms with E-state index in [4.69, 9.17) is 19.6 Å². The number of methoxy groups -OCH3 is 2. The van der Waals surface area contributed by atoms with Gasteiger partial charge in [0.05, 0.1) is 42.4 Å². The Kier molecular flexibility index (Phi) is 6.83. The third-order valence-corrected chi connectivity index (χ3v) is 6.35. The number of anilines is 2. The van der Waals surface area contributed by atoms with Crippen LogP contribution in [0.3, 0.4) is 0 Å². The van der Waals surface area contributed by atoms with E-state index >= 15 is 0 Å². The molecule has 4 rings (SSSR count). The van der Waals surface area contributed by atoms with Gasteiger partial charge < -0.3 is 19.9 Å². The summed E-state index contributed by atoms with van der Waals surface area (Å²) < 4.78 is 12.6. The van der Waals surface area contributed by atoms with Crippen molar-refractivity contribution in [2.45, 2.75) is 26.7 Å². The molecule has 0 saturated carbocycles. The predicted molar refractivity (Wildman–Crippen MR) is 133 cm³/mol. The van der Waals surface area contributed by atoms with E-state index < -0.39 is 5.97 Å². The first-order valence-corrected chi connectivity index (χ1v) is 11.8. The average molecular weight is 479 g/mol. The summed E-state index contributed by atoms with van der Waals surface area (Å²) in [5, 5.41) is 21.0. The minimum atomic E-state index is -1.07. The van der Waals surface area contributed by atoms with Crippen molar-refractivity contribution in [3.63, 3.8) is 0 Å². The molecule has 9 heteroatoms. The molecule has 4 aromatic rings. The van der Waals surface area contributed by atoms with Gasteiger partial charge in [-0.1, -0.05) is 26.0 Å². The minimum absolute atomic E-state index is 0.0875. The van der Waals surface area contributed by atoms with Crippen molar-refractivity contribution in [2.75, 3.05) is 19.5 Å². The Labute approximate surface area is 201 Å². The number of carboxylic acids is 1. The molecule has 8 nitrogen and oxygen atoms in total. The Morgan fingerprint density at radius 1 is 1.12 bits per heavy atom. The zero-order valence-electron chi connectivity index (χ0n) is 19.5. The van der Waals surface area contributed by atoms with Crippen molar-refractivity contribution in [2.24, 2.45) is 0 Å². The standard InChI is InChI=1S/C25H26N4O4S/c1-5-15-14-34-24(26-15)22-18(6-2)28-29(20-9-7-8-10-21(20)33-4)23(22)27-19-12-11-16(32-3)13-17(19)25(30)31/h7-14,27H,5-6H2,1-4H3,(H,30,31). The third kappa shape index (κ3) is 4.34. The van der Waals surface area contributed by atoms with E-state index in [1.807, 2.05) is 36.6 Å². The highest BCUT2D eigenvalue weighted by molar-refractivity contribution is 7.13. The molecule has 2 aromatic heterocycles. The molecule has 2 heterocycles. The van der Waals surface area contributed by atoms with Crippen LogP contribution in [0.25, 0.3) is 16.3 Å². The summed E-state index contributed by atoms with van der Waals surface area (Å²) in [7, 11) is 3.11. The lowest BCUT2D eigenvalue weighted by Crippen LogP contribution is -2.08. The lowest BCUT2D eigenvalue weighted by Gasteiger charge is -2.16. The molecule has 176 valence electrons. The Hall–Kier alpha value is -3.85. The number of rotatable bonds is 9. The highest BCUT2D eigenvalue weighted by Crippen LogP contribution is 2.40. The number of benzene rings is 2. The fraction of sp³-hybridized carbons (Fsp3) is 0.240. The maximum atomic E-state index is 12.0. The quantitative estimate of drug-likeness (QED) is 0.324. The number of nitrogens with one attached hydrogen (secondary N) is 1. The van der Waals surface area contributed by atoms with Gasteiger partial charge in [0.2, 0.25) is 0 Å². The minimum Gasteiger partial charge on any atom is -0.497 e. The fourth-order valence-electron chi connectivity index (χ4n) is 3.68. The molecular formula is C25H26N4O4S. The van der Waals surface area contributed by atoms with Crippen LogP contribution in [0.5, 0.6) is 11.5 Å². The van der Waals surface area contributed by atoms with Crippen LogP contribution in [-0.4, -0.2) is 40.1 Å². The van der Waals surface area contributed by atoms with E-state index in [1.54, 1.807) is 35.3 Å². The number of aromatic nitrogens is 3. The summed E-state index contributed by atoms with van der Waals surface area (Å²) in [5.74, 6) is 0.655. The molecule has 0 aliphatic heterocycles. The number of carboxylic acid groups (broad SMARTS) is 1. The second-order valence-corrected chi connectivity index (χ2v) is 8.30. The first kappa shape index (κ1) is 23.3. The van der Waals surface area contributed by atoms with Crippen molar-refractivity contribution >= 4 is 28.8 Å². The van der Waals surface area contributed by atoms with Crippen molar-refractivity contribution in [1.29, 1.82) is 0 Å². The molecule has 34 heavy (non-hydrogen) atoms. The molecule has 0 saturated heterocycles. The first-order chi connectivity index (χ1) is 16.5. The topological polar surface area (TPSA) is 98.5 Å². The molecule has 2 N–H and O–H groups in total. The van der Waals surface area contributed by atoms with Gasteiger partial charge in [0.1, 0.15) is 28.0 Å². The van der Waals surface area contributed by atoms with Crippen molar-refractivity contribution in [3.8, 4) is 27.8 Å². The first-order valence-electron chi connectivity index (χ1n) is 10.9. The van der Waals surface area contributed by atoms with Gasteiger partial charge in [-0.25, -0.2) is 14.5 Å². The predicted octanol–water partition coefficient (Wildman–Crippen LogP) is 5.58. The number of thiazole rings is 1. The molecule has 2 aromatic carbocycles. The number of carbonyl (C=O) groups is 1. The highest BCUT2D eigenvalue weighted by atomic mass is 32.1. The summed E-state index contributed by atoms with van der Waals surface area (Å²) in [4.78, 5) is 16.8. The summed E-state index contributed by atoms with van der Waals surface area (Å²) in [6.07, 6.45) is 1.49. The number of nitrogens with zero attached hydrogens (tertiary/aromatic N) is 3. The maximum absolute atomic E-state index is 12.0. The van der Waals surface area contributed by atoms with E-state index in [0.29, 0.717) is 29.4 Å². The number of ether oxygens (including phenoxy) is 2. The maximum Gasteiger partial charge on any atom is 0.337 e.